The highest BCUT2D eigenvalue weighted by Crippen LogP contribution is 2.21. The predicted octanol–water partition coefficient (Wildman–Crippen LogP) is 1.39. The number of nitrogens with zero attached hydrogens (tertiary/aromatic N) is 2. The normalized spacial score (nSPS) is 20.3. The summed E-state index contributed by atoms with van der Waals surface area (Å²) in [6.45, 7) is 2.79. The molecule has 5 nitrogen and oxygen atoms in total. The largest absolute Gasteiger partial charge is 0.481 e. The number of aryl methyl sites for hydroxylation is 1. The van der Waals surface area contributed by atoms with Crippen LogP contribution in [0.4, 0.5) is 0 Å². The smallest absolute Gasteiger partial charge is 0.308 e. The zero-order chi connectivity index (χ0) is 12.4. The molecular formula is C11H14N2O3S. The van der Waals surface area contributed by atoms with Gasteiger partial charge in [0.05, 0.1) is 17.1 Å². The molecule has 1 aromatic rings. The number of amides is 1. The van der Waals surface area contributed by atoms with E-state index in [4.69, 9.17) is 5.11 Å². The first-order valence-electron chi connectivity index (χ1n) is 5.52. The Morgan fingerprint density at radius 1 is 1.59 bits per heavy atom. The van der Waals surface area contributed by atoms with E-state index in [2.05, 4.69) is 4.98 Å². The second-order valence-electron chi connectivity index (χ2n) is 4.17. The number of hydrogen-bond acceptors (Lipinski definition) is 4. The molecule has 0 spiro atoms. The van der Waals surface area contributed by atoms with E-state index in [1.807, 2.05) is 6.92 Å². The van der Waals surface area contributed by atoms with Crippen LogP contribution in [0.5, 0.6) is 0 Å². The number of likely N-dealkylation sites (tertiary alicyclic amines) is 1. The van der Waals surface area contributed by atoms with Crippen LogP contribution in [-0.2, 0) is 4.79 Å². The molecule has 1 amide bonds. The van der Waals surface area contributed by atoms with E-state index in [0.29, 0.717) is 24.4 Å². The van der Waals surface area contributed by atoms with E-state index < -0.39 is 11.9 Å². The van der Waals surface area contributed by atoms with Crippen molar-refractivity contribution in [1.82, 2.24) is 9.88 Å². The number of aliphatic carboxylic acids is 1. The number of carbonyl (C=O) groups excluding carboxylic acids is 1. The van der Waals surface area contributed by atoms with Crippen LogP contribution < -0.4 is 0 Å². The van der Waals surface area contributed by atoms with E-state index in [0.717, 1.165) is 11.4 Å². The summed E-state index contributed by atoms with van der Waals surface area (Å²) in [5.41, 5.74) is 0. The predicted molar refractivity (Wildman–Crippen MR) is 63.1 cm³/mol. The SMILES string of the molecule is Cc1ncc(C(=O)N2CCCC(C(=O)O)C2)s1. The fraction of sp³-hybridized carbons (Fsp3) is 0.545. The van der Waals surface area contributed by atoms with Gasteiger partial charge in [0.25, 0.3) is 5.91 Å². The number of rotatable bonds is 2. The molecule has 0 aliphatic carbocycles. The van der Waals surface area contributed by atoms with Crippen LogP contribution in [0.15, 0.2) is 6.20 Å². The van der Waals surface area contributed by atoms with Crippen molar-refractivity contribution in [2.45, 2.75) is 19.8 Å². The average molecular weight is 254 g/mol. The number of carbonyl (C=O) groups is 2. The molecule has 0 radical (unpaired) electrons. The molecule has 0 aromatic carbocycles. The zero-order valence-electron chi connectivity index (χ0n) is 9.55. The number of thiazole rings is 1. The Morgan fingerprint density at radius 3 is 2.94 bits per heavy atom. The molecule has 6 heteroatoms. The molecule has 1 unspecified atom stereocenters. The van der Waals surface area contributed by atoms with Crippen molar-refractivity contribution in [3.8, 4) is 0 Å². The number of aromatic nitrogens is 1. The van der Waals surface area contributed by atoms with Gasteiger partial charge >= 0.3 is 5.97 Å². The number of piperidine rings is 1. The quantitative estimate of drug-likeness (QED) is 0.865. The molecule has 1 aromatic heterocycles. The van der Waals surface area contributed by atoms with Crippen LogP contribution >= 0.6 is 11.3 Å². The highest BCUT2D eigenvalue weighted by atomic mass is 32.1. The van der Waals surface area contributed by atoms with Crippen LogP contribution in [0.25, 0.3) is 0 Å². The molecule has 0 saturated carbocycles. The summed E-state index contributed by atoms with van der Waals surface area (Å²) >= 11 is 1.35. The van der Waals surface area contributed by atoms with Gasteiger partial charge in [0, 0.05) is 13.1 Å². The van der Waals surface area contributed by atoms with Crippen LogP contribution in [-0.4, -0.2) is 40.0 Å². The van der Waals surface area contributed by atoms with Gasteiger partial charge in [0.1, 0.15) is 4.88 Å². The van der Waals surface area contributed by atoms with Gasteiger partial charge in [0.2, 0.25) is 0 Å². The molecule has 1 saturated heterocycles. The Labute approximate surface area is 103 Å². The maximum Gasteiger partial charge on any atom is 0.308 e. The van der Waals surface area contributed by atoms with Crippen molar-refractivity contribution in [2.75, 3.05) is 13.1 Å². The minimum atomic E-state index is -0.817. The van der Waals surface area contributed by atoms with Crippen LogP contribution in [0.2, 0.25) is 0 Å². The maximum absolute atomic E-state index is 12.1. The van der Waals surface area contributed by atoms with Crippen molar-refractivity contribution in [1.29, 1.82) is 0 Å². The Hall–Kier alpha value is -1.43. The average Bonchev–Trinajstić information content (AvgIpc) is 2.75. The summed E-state index contributed by atoms with van der Waals surface area (Å²) in [5, 5.41) is 9.81. The lowest BCUT2D eigenvalue weighted by molar-refractivity contribution is -0.143. The molecule has 2 rings (SSSR count). The van der Waals surface area contributed by atoms with Crippen LogP contribution in [0, 0.1) is 12.8 Å². The summed E-state index contributed by atoms with van der Waals surface area (Å²) in [6, 6.07) is 0. The standard InChI is InChI=1S/C11H14N2O3S/c1-7-12-5-9(17-7)10(14)13-4-2-3-8(6-13)11(15)16/h5,8H,2-4,6H2,1H3,(H,15,16). The molecule has 1 N–H and O–H groups in total. The maximum atomic E-state index is 12.1. The van der Waals surface area contributed by atoms with Crippen molar-refractivity contribution in [3.05, 3.63) is 16.1 Å². The molecule has 17 heavy (non-hydrogen) atoms. The van der Waals surface area contributed by atoms with Gasteiger partial charge in [-0.15, -0.1) is 11.3 Å². The molecular weight excluding hydrogens is 240 g/mol. The lowest BCUT2D eigenvalue weighted by atomic mass is 9.98. The first-order chi connectivity index (χ1) is 8.08. The minimum absolute atomic E-state index is 0.0958. The van der Waals surface area contributed by atoms with E-state index in [-0.39, 0.29) is 5.91 Å². The third-order valence-electron chi connectivity index (χ3n) is 2.89. The summed E-state index contributed by atoms with van der Waals surface area (Å²) in [6.07, 6.45) is 2.97. The van der Waals surface area contributed by atoms with Gasteiger partial charge in [-0.1, -0.05) is 0 Å². The summed E-state index contributed by atoms with van der Waals surface area (Å²) in [7, 11) is 0. The van der Waals surface area contributed by atoms with Crippen molar-refractivity contribution >= 4 is 23.2 Å². The molecule has 1 aliphatic heterocycles. The fourth-order valence-corrected chi connectivity index (χ4v) is 2.72. The van der Waals surface area contributed by atoms with Gasteiger partial charge in [-0.3, -0.25) is 9.59 Å². The number of hydrogen-bond donors (Lipinski definition) is 1. The Balaban J connectivity index is 2.07. The lowest BCUT2D eigenvalue weighted by Gasteiger charge is -2.30. The molecule has 1 atom stereocenters. The lowest BCUT2D eigenvalue weighted by Crippen LogP contribution is -2.42. The van der Waals surface area contributed by atoms with Crippen molar-refractivity contribution in [3.63, 3.8) is 0 Å². The van der Waals surface area contributed by atoms with Crippen LogP contribution in [0.1, 0.15) is 27.5 Å². The first-order valence-corrected chi connectivity index (χ1v) is 6.34. The van der Waals surface area contributed by atoms with Crippen LogP contribution in [0.3, 0.4) is 0 Å². The summed E-state index contributed by atoms with van der Waals surface area (Å²) in [4.78, 5) is 29.3. The molecule has 1 fully saturated rings. The number of carboxylic acid groups (broad SMARTS) is 1. The first kappa shape index (κ1) is 12.0. The summed E-state index contributed by atoms with van der Waals surface area (Å²) < 4.78 is 0. The van der Waals surface area contributed by atoms with E-state index >= 15 is 0 Å². The summed E-state index contributed by atoms with van der Waals surface area (Å²) in [5.74, 6) is -1.34. The van der Waals surface area contributed by atoms with E-state index in [9.17, 15) is 9.59 Å². The highest BCUT2D eigenvalue weighted by molar-refractivity contribution is 7.13. The Morgan fingerprint density at radius 2 is 2.35 bits per heavy atom. The fourth-order valence-electron chi connectivity index (χ4n) is 1.98. The van der Waals surface area contributed by atoms with E-state index in [1.165, 1.54) is 11.3 Å². The van der Waals surface area contributed by atoms with Gasteiger partial charge in [-0.25, -0.2) is 4.98 Å². The molecule has 1 aliphatic rings. The van der Waals surface area contributed by atoms with Crippen molar-refractivity contribution in [2.24, 2.45) is 5.92 Å². The Bertz CT molecular complexity index is 444. The van der Waals surface area contributed by atoms with E-state index in [1.54, 1.807) is 11.1 Å². The highest BCUT2D eigenvalue weighted by Gasteiger charge is 2.29. The third-order valence-corrected chi connectivity index (χ3v) is 3.79. The van der Waals surface area contributed by atoms with Gasteiger partial charge in [0.15, 0.2) is 0 Å². The molecule has 92 valence electrons. The Kier molecular flexibility index (Phi) is 3.42. The van der Waals surface area contributed by atoms with Crippen molar-refractivity contribution < 1.29 is 14.7 Å². The second kappa shape index (κ2) is 4.83. The monoisotopic (exact) mass is 254 g/mol. The van der Waals surface area contributed by atoms with Gasteiger partial charge < -0.3 is 10.0 Å². The molecule has 0 bridgehead atoms. The number of carboxylic acids is 1. The van der Waals surface area contributed by atoms with Gasteiger partial charge in [-0.05, 0) is 19.8 Å². The molecule has 2 heterocycles. The topological polar surface area (TPSA) is 70.5 Å². The minimum Gasteiger partial charge on any atom is -0.481 e. The van der Waals surface area contributed by atoms with Gasteiger partial charge in [-0.2, -0.15) is 0 Å². The zero-order valence-corrected chi connectivity index (χ0v) is 10.4. The third kappa shape index (κ3) is 2.63. The second-order valence-corrected chi connectivity index (χ2v) is 5.41.